The van der Waals surface area contributed by atoms with Crippen molar-refractivity contribution >= 4 is 7.81 Å². The van der Waals surface area contributed by atoms with Crippen LogP contribution in [-0.4, -0.2) is 7.11 Å². The third-order valence-corrected chi connectivity index (χ3v) is 0.979. The Hall–Kier alpha value is -0.876. The van der Waals surface area contributed by atoms with Crippen molar-refractivity contribution in [2.75, 3.05) is 7.11 Å². The second kappa shape index (κ2) is 6.90. The first-order valence-corrected chi connectivity index (χ1v) is 5.75. The van der Waals surface area contributed by atoms with Crippen LogP contribution in [0.15, 0.2) is 30.3 Å². The van der Waals surface area contributed by atoms with Crippen molar-refractivity contribution in [2.45, 2.75) is 0 Å². The number of hydrogen-bond donors (Lipinski definition) is 0. The van der Waals surface area contributed by atoms with Gasteiger partial charge in [-0.05, 0) is 12.1 Å². The number of rotatable bonds is 1. The van der Waals surface area contributed by atoms with Crippen molar-refractivity contribution in [1.82, 2.24) is 5.59 Å². The van der Waals surface area contributed by atoms with E-state index < -0.39 is 7.81 Å². The zero-order valence-corrected chi connectivity index (χ0v) is 10.6. The third-order valence-electron chi connectivity index (χ3n) is 0.979. The largest absolute Gasteiger partial charge is 0.120 e. The second-order valence-corrected chi connectivity index (χ2v) is 4.39. The number of nitrogens with zero attached hydrogens (tertiary/aromatic N) is 1. The minimum absolute atomic E-state index is 0. The van der Waals surface area contributed by atoms with E-state index in [1.807, 2.05) is 30.3 Å². The molecule has 0 aliphatic carbocycles. The van der Waals surface area contributed by atoms with Crippen LogP contribution in [0.3, 0.4) is 0 Å². The standard InChI is InChI=1S/C7H8O.F6P.NO.Ni/c1-8-7-5-3-2-4-6-7;1-7(2,3,4,5)6;1-2;/h2-6H,1H3;;;/q;-1;;. The molecule has 1 radical (unpaired) electrons. The van der Waals surface area contributed by atoms with Crippen LogP contribution in [-0.2, 0) is 16.5 Å². The molecule has 0 saturated heterocycles. The van der Waals surface area contributed by atoms with Gasteiger partial charge in [0.05, 0.1) is 7.11 Å². The van der Waals surface area contributed by atoms with E-state index in [0.29, 0.717) is 0 Å². The number of methoxy groups -OCH3 is 1. The van der Waals surface area contributed by atoms with Gasteiger partial charge in [-0.25, -0.2) is 0 Å². The van der Waals surface area contributed by atoms with Crippen LogP contribution < -0.4 is 10.3 Å². The molecule has 18 heavy (non-hydrogen) atoms. The normalized spacial score (nSPS) is 13.1. The predicted molar refractivity (Wildman–Crippen MR) is 52.1 cm³/mol. The van der Waals surface area contributed by atoms with Crippen molar-refractivity contribution < 1.29 is 46.4 Å². The molecule has 0 amide bonds. The number of benzene rings is 1. The first-order valence-electron chi connectivity index (χ1n) is 3.72. The minimum atomic E-state index is -10.7. The SMILES string of the molecule is COc1ccccc1.F[P-](F)(F)(F)(F)F.[N]=O.[Ni]. The van der Waals surface area contributed by atoms with Crippen LogP contribution in [0.25, 0.3) is 0 Å². The number of para-hydroxylation sites is 1. The molecule has 1 aromatic rings. The molecule has 0 aliphatic rings. The van der Waals surface area contributed by atoms with Crippen LogP contribution in [0.2, 0.25) is 0 Å². The molecule has 0 aliphatic heterocycles. The Morgan fingerprint density at radius 2 is 1.22 bits per heavy atom. The molecule has 1 rings (SSSR count). The van der Waals surface area contributed by atoms with Crippen LogP contribution in [0.1, 0.15) is 0 Å². The van der Waals surface area contributed by atoms with Crippen molar-refractivity contribution in [3.63, 3.8) is 0 Å². The molecule has 0 spiro atoms. The summed E-state index contributed by atoms with van der Waals surface area (Å²) in [6.45, 7) is 0. The number of hydrogen-bond acceptors (Lipinski definition) is 2. The molecule has 0 atom stereocenters. The molecular weight excluding hydrogens is 334 g/mol. The maximum Gasteiger partial charge on any atom is 0.120 e. The summed E-state index contributed by atoms with van der Waals surface area (Å²) in [4.78, 5) is 7.25. The molecule has 0 bridgehead atoms. The average molecular weight is 342 g/mol. The van der Waals surface area contributed by atoms with Gasteiger partial charge in [0, 0.05) is 16.5 Å². The minimum Gasteiger partial charge on any atom is -0.120 e. The molecule has 3 nitrogen and oxygen atoms in total. The Morgan fingerprint density at radius 1 is 0.944 bits per heavy atom. The van der Waals surface area contributed by atoms with Crippen molar-refractivity contribution in [1.29, 1.82) is 0 Å². The van der Waals surface area contributed by atoms with E-state index in [4.69, 9.17) is 15.2 Å². The van der Waals surface area contributed by atoms with Gasteiger partial charge in [0.1, 0.15) is 11.3 Å². The van der Waals surface area contributed by atoms with Gasteiger partial charge in [-0.3, -0.25) is 0 Å². The van der Waals surface area contributed by atoms with Gasteiger partial charge in [-0.15, -0.1) is 4.91 Å². The van der Waals surface area contributed by atoms with Gasteiger partial charge >= 0.3 is 33.0 Å². The summed E-state index contributed by atoms with van der Waals surface area (Å²) in [5.41, 5.74) is 5.75. The van der Waals surface area contributed by atoms with Crippen LogP contribution in [0.5, 0.6) is 5.75 Å². The average Bonchev–Trinajstić information content (AvgIpc) is 2.17. The molecular formula is C7H8F6NNiO2P-. The predicted octanol–water partition coefficient (Wildman–Crippen LogP) is 4.63. The zero-order chi connectivity index (χ0) is 14.2. The summed E-state index contributed by atoms with van der Waals surface area (Å²) in [5.74, 6) is 0.910. The molecule has 0 fully saturated rings. The summed E-state index contributed by atoms with van der Waals surface area (Å²) >= 11 is 0. The molecule has 111 valence electrons. The van der Waals surface area contributed by atoms with Gasteiger partial charge < -0.3 is 4.74 Å². The van der Waals surface area contributed by atoms with Gasteiger partial charge in [-0.2, -0.15) is 0 Å². The van der Waals surface area contributed by atoms with E-state index >= 15 is 0 Å². The van der Waals surface area contributed by atoms with Crippen LogP contribution in [0, 0.1) is 4.91 Å². The third kappa shape index (κ3) is 36.2. The van der Waals surface area contributed by atoms with Gasteiger partial charge in [0.25, 0.3) is 0 Å². The molecule has 0 N–H and O–H groups in total. The van der Waals surface area contributed by atoms with Crippen molar-refractivity contribution in [3.05, 3.63) is 35.2 Å². The maximum absolute atomic E-state index is 10.7. The van der Waals surface area contributed by atoms with E-state index in [9.17, 15) is 25.2 Å². The van der Waals surface area contributed by atoms with E-state index in [1.54, 1.807) is 7.11 Å². The van der Waals surface area contributed by atoms with Crippen molar-refractivity contribution in [2.24, 2.45) is 0 Å². The quantitative estimate of drug-likeness (QED) is 0.425. The molecule has 1 aromatic carbocycles. The fourth-order valence-corrected chi connectivity index (χ4v) is 0.557. The van der Waals surface area contributed by atoms with E-state index in [-0.39, 0.29) is 16.5 Å². The number of nitroso groups, excluding NO2 is 1. The van der Waals surface area contributed by atoms with E-state index in [0.717, 1.165) is 5.75 Å². The first kappa shape index (κ1) is 22.3. The van der Waals surface area contributed by atoms with Crippen LogP contribution >= 0.6 is 7.81 Å². The summed E-state index contributed by atoms with van der Waals surface area (Å²) in [6, 6.07) is 9.68. The van der Waals surface area contributed by atoms with Gasteiger partial charge in [0.2, 0.25) is 0 Å². The molecule has 0 unspecified atom stereocenters. The fourth-order valence-electron chi connectivity index (χ4n) is 0.557. The Balaban J connectivity index is -0.000000211. The fraction of sp³-hybridized carbons (Fsp3) is 0.143. The number of halogens is 6. The van der Waals surface area contributed by atoms with Gasteiger partial charge in [-0.1, -0.05) is 18.2 Å². The maximum atomic E-state index is 9.87. The molecule has 0 heterocycles. The van der Waals surface area contributed by atoms with Crippen LogP contribution in [0.4, 0.5) is 25.2 Å². The summed E-state index contributed by atoms with van der Waals surface area (Å²) in [6.07, 6.45) is 0. The monoisotopic (exact) mass is 341 g/mol. The molecule has 0 saturated carbocycles. The Labute approximate surface area is 108 Å². The summed E-state index contributed by atoms with van der Waals surface area (Å²) in [5, 5.41) is 0. The Bertz CT molecular complexity index is 320. The van der Waals surface area contributed by atoms with Crippen molar-refractivity contribution in [3.8, 4) is 5.75 Å². The molecule has 0 aromatic heterocycles. The number of ether oxygens (including phenoxy) is 1. The first-order chi connectivity index (χ1) is 7.38. The summed E-state index contributed by atoms with van der Waals surface area (Å²) in [7, 11) is -9.00. The van der Waals surface area contributed by atoms with Gasteiger partial charge in [0.15, 0.2) is 0 Å². The van der Waals surface area contributed by atoms with E-state index in [2.05, 4.69) is 0 Å². The molecule has 11 heteroatoms. The Kier molecular flexibility index (Phi) is 8.55. The smallest absolute Gasteiger partial charge is 0.120 e. The topological polar surface area (TPSA) is 48.6 Å². The Morgan fingerprint density at radius 3 is 1.39 bits per heavy atom. The van der Waals surface area contributed by atoms with E-state index in [1.165, 1.54) is 0 Å². The second-order valence-electron chi connectivity index (χ2n) is 2.48. The zero-order valence-electron chi connectivity index (χ0n) is 8.68. The summed E-state index contributed by atoms with van der Waals surface area (Å²) < 4.78 is 64.1.